The van der Waals surface area contributed by atoms with Crippen LogP contribution in [0.15, 0.2) is 22.9 Å². The van der Waals surface area contributed by atoms with Crippen LogP contribution in [0.25, 0.3) is 0 Å². The van der Waals surface area contributed by atoms with Crippen LogP contribution in [0, 0.1) is 5.92 Å². The molecule has 64 valence electrons. The highest BCUT2D eigenvalue weighted by molar-refractivity contribution is 9.10. The zero-order chi connectivity index (χ0) is 8.55. The minimum atomic E-state index is 0.670. The van der Waals surface area contributed by atoms with Gasteiger partial charge in [0.15, 0.2) is 0 Å². The van der Waals surface area contributed by atoms with E-state index in [1.54, 1.807) is 6.20 Å². The van der Waals surface area contributed by atoms with Crippen LogP contribution >= 0.6 is 15.9 Å². The van der Waals surface area contributed by atoms with Gasteiger partial charge in [0.2, 0.25) is 0 Å². The maximum Gasteiger partial charge on any atom is 0.0590 e. The summed E-state index contributed by atoms with van der Waals surface area (Å²) in [5, 5.41) is 3.45. The van der Waals surface area contributed by atoms with Crippen LogP contribution in [0.1, 0.15) is 13.3 Å². The molecular weight excluding hydrogens is 216 g/mol. The average molecular weight is 227 g/mol. The van der Waals surface area contributed by atoms with Crippen molar-refractivity contribution >= 4 is 21.6 Å². The summed E-state index contributed by atoms with van der Waals surface area (Å²) in [7, 11) is 0. The lowest BCUT2D eigenvalue weighted by Crippen LogP contribution is -2.03. The molecule has 0 aromatic carbocycles. The van der Waals surface area contributed by atoms with Crippen LogP contribution in [0.2, 0.25) is 0 Å². The Balaban J connectivity index is 2.08. The number of hydrogen-bond donors (Lipinski definition) is 1. The van der Waals surface area contributed by atoms with E-state index < -0.39 is 0 Å². The van der Waals surface area contributed by atoms with E-state index in [0.29, 0.717) is 6.04 Å². The SMILES string of the molecule is C[C@@H]1C[C@H]1Nc1ccncc1Br. The predicted molar refractivity (Wildman–Crippen MR) is 53.1 cm³/mol. The van der Waals surface area contributed by atoms with E-state index >= 15 is 0 Å². The molecule has 1 N–H and O–H groups in total. The van der Waals surface area contributed by atoms with Gasteiger partial charge in [-0.25, -0.2) is 0 Å². The van der Waals surface area contributed by atoms with Crippen molar-refractivity contribution in [3.63, 3.8) is 0 Å². The zero-order valence-corrected chi connectivity index (χ0v) is 8.51. The number of anilines is 1. The van der Waals surface area contributed by atoms with Gasteiger partial charge in [0.1, 0.15) is 0 Å². The van der Waals surface area contributed by atoms with Gasteiger partial charge in [0, 0.05) is 18.4 Å². The third kappa shape index (κ3) is 1.61. The zero-order valence-electron chi connectivity index (χ0n) is 6.92. The normalized spacial score (nSPS) is 26.8. The summed E-state index contributed by atoms with van der Waals surface area (Å²) < 4.78 is 1.05. The van der Waals surface area contributed by atoms with Crippen molar-refractivity contribution in [1.82, 2.24) is 4.98 Å². The number of halogens is 1. The highest BCUT2D eigenvalue weighted by atomic mass is 79.9. The number of rotatable bonds is 2. The van der Waals surface area contributed by atoms with Crippen LogP contribution in [0.3, 0.4) is 0 Å². The van der Waals surface area contributed by atoms with Crippen molar-refractivity contribution in [2.24, 2.45) is 5.92 Å². The number of hydrogen-bond acceptors (Lipinski definition) is 2. The Kier molecular flexibility index (Phi) is 2.05. The summed E-state index contributed by atoms with van der Waals surface area (Å²) in [6.45, 7) is 2.26. The highest BCUT2D eigenvalue weighted by Gasteiger charge is 2.32. The second-order valence-electron chi connectivity index (χ2n) is 3.32. The number of pyridine rings is 1. The Morgan fingerprint density at radius 2 is 2.42 bits per heavy atom. The summed E-state index contributed by atoms with van der Waals surface area (Å²) in [6.07, 6.45) is 4.91. The largest absolute Gasteiger partial charge is 0.381 e. The van der Waals surface area contributed by atoms with Gasteiger partial charge in [0.05, 0.1) is 10.2 Å². The molecule has 2 rings (SSSR count). The summed E-state index contributed by atoms with van der Waals surface area (Å²) in [5.74, 6) is 0.824. The molecule has 1 aliphatic carbocycles. The van der Waals surface area contributed by atoms with Crippen molar-refractivity contribution in [3.05, 3.63) is 22.9 Å². The quantitative estimate of drug-likeness (QED) is 0.840. The molecule has 3 heteroatoms. The number of aromatic nitrogens is 1. The van der Waals surface area contributed by atoms with Gasteiger partial charge in [-0.2, -0.15) is 0 Å². The summed E-state index contributed by atoms with van der Waals surface area (Å²) in [5.41, 5.74) is 1.15. The first-order chi connectivity index (χ1) is 5.77. The molecule has 0 saturated heterocycles. The van der Waals surface area contributed by atoms with E-state index in [1.165, 1.54) is 6.42 Å². The lowest BCUT2D eigenvalue weighted by Gasteiger charge is -2.05. The molecule has 12 heavy (non-hydrogen) atoms. The first kappa shape index (κ1) is 8.05. The molecule has 1 heterocycles. The second-order valence-corrected chi connectivity index (χ2v) is 4.17. The van der Waals surface area contributed by atoms with Crippen LogP contribution in [0.5, 0.6) is 0 Å². The van der Waals surface area contributed by atoms with Crippen molar-refractivity contribution in [2.75, 3.05) is 5.32 Å². The third-order valence-corrected chi connectivity index (χ3v) is 2.85. The Labute approximate surface area is 80.5 Å². The van der Waals surface area contributed by atoms with Crippen molar-refractivity contribution in [3.8, 4) is 0 Å². The predicted octanol–water partition coefficient (Wildman–Crippen LogP) is 2.66. The van der Waals surface area contributed by atoms with Gasteiger partial charge in [0.25, 0.3) is 0 Å². The molecule has 1 aromatic rings. The van der Waals surface area contributed by atoms with Gasteiger partial charge < -0.3 is 5.32 Å². The smallest absolute Gasteiger partial charge is 0.0590 e. The molecule has 0 unspecified atom stereocenters. The molecule has 2 atom stereocenters. The molecule has 1 fully saturated rings. The Morgan fingerprint density at radius 1 is 1.67 bits per heavy atom. The minimum Gasteiger partial charge on any atom is -0.381 e. The summed E-state index contributed by atoms with van der Waals surface area (Å²) in [6, 6.07) is 2.67. The van der Waals surface area contributed by atoms with Crippen LogP contribution in [0.4, 0.5) is 5.69 Å². The van der Waals surface area contributed by atoms with Crippen molar-refractivity contribution in [2.45, 2.75) is 19.4 Å². The van der Waals surface area contributed by atoms with E-state index in [-0.39, 0.29) is 0 Å². The van der Waals surface area contributed by atoms with E-state index in [4.69, 9.17) is 0 Å². The van der Waals surface area contributed by atoms with Crippen LogP contribution in [-0.4, -0.2) is 11.0 Å². The van der Waals surface area contributed by atoms with Gasteiger partial charge >= 0.3 is 0 Å². The van der Waals surface area contributed by atoms with Crippen LogP contribution in [-0.2, 0) is 0 Å². The molecular formula is C9H11BrN2. The topological polar surface area (TPSA) is 24.9 Å². The number of nitrogens with one attached hydrogen (secondary N) is 1. The van der Waals surface area contributed by atoms with Gasteiger partial charge in [-0.05, 0) is 34.3 Å². The molecule has 0 spiro atoms. The molecule has 0 aliphatic heterocycles. The van der Waals surface area contributed by atoms with Crippen molar-refractivity contribution in [1.29, 1.82) is 0 Å². The molecule has 2 nitrogen and oxygen atoms in total. The Morgan fingerprint density at radius 3 is 3.00 bits per heavy atom. The Bertz CT molecular complexity index is 288. The maximum absolute atomic E-state index is 4.00. The van der Waals surface area contributed by atoms with Gasteiger partial charge in [-0.1, -0.05) is 6.92 Å². The Hall–Kier alpha value is -0.570. The molecule has 0 amide bonds. The lowest BCUT2D eigenvalue weighted by atomic mass is 10.4. The molecule has 0 radical (unpaired) electrons. The lowest BCUT2D eigenvalue weighted by molar-refractivity contribution is 0.928. The first-order valence-electron chi connectivity index (χ1n) is 4.13. The van der Waals surface area contributed by atoms with E-state index in [1.807, 2.05) is 12.3 Å². The van der Waals surface area contributed by atoms with E-state index in [9.17, 15) is 0 Å². The maximum atomic E-state index is 4.00. The molecule has 1 aliphatic rings. The fraction of sp³-hybridized carbons (Fsp3) is 0.444. The fourth-order valence-corrected chi connectivity index (χ4v) is 1.58. The van der Waals surface area contributed by atoms with E-state index in [2.05, 4.69) is 33.2 Å². The number of nitrogens with zero attached hydrogens (tertiary/aromatic N) is 1. The highest BCUT2D eigenvalue weighted by Crippen LogP contribution is 2.34. The first-order valence-corrected chi connectivity index (χ1v) is 4.92. The average Bonchev–Trinajstić information content (AvgIpc) is 2.72. The molecule has 1 aromatic heterocycles. The van der Waals surface area contributed by atoms with Crippen molar-refractivity contribution < 1.29 is 0 Å². The minimum absolute atomic E-state index is 0.670. The summed E-state index contributed by atoms with van der Waals surface area (Å²) in [4.78, 5) is 4.00. The monoisotopic (exact) mass is 226 g/mol. The van der Waals surface area contributed by atoms with Gasteiger partial charge in [-0.3, -0.25) is 4.98 Å². The third-order valence-electron chi connectivity index (χ3n) is 2.22. The molecule has 1 saturated carbocycles. The standard InChI is InChI=1S/C9H11BrN2/c1-6-4-9(6)12-8-2-3-11-5-7(8)10/h2-3,5-6,9H,4H2,1H3,(H,11,12)/t6-,9-/m1/s1. The molecule has 0 bridgehead atoms. The second kappa shape index (κ2) is 3.05. The van der Waals surface area contributed by atoms with E-state index in [0.717, 1.165) is 16.1 Å². The summed E-state index contributed by atoms with van der Waals surface area (Å²) >= 11 is 3.45. The fourth-order valence-electron chi connectivity index (χ4n) is 1.22. The van der Waals surface area contributed by atoms with Crippen LogP contribution < -0.4 is 5.32 Å². The van der Waals surface area contributed by atoms with Gasteiger partial charge in [-0.15, -0.1) is 0 Å².